The van der Waals surface area contributed by atoms with Gasteiger partial charge in [0.1, 0.15) is 0 Å². The van der Waals surface area contributed by atoms with Gasteiger partial charge in [-0.05, 0) is 26.7 Å². The van der Waals surface area contributed by atoms with Crippen LogP contribution in [0.1, 0.15) is 47.5 Å². The maximum Gasteiger partial charge on any atom is 0.239 e. The van der Waals surface area contributed by atoms with Crippen molar-refractivity contribution < 1.29 is 9.90 Å². The highest BCUT2D eigenvalue weighted by Crippen LogP contribution is 2.12. The van der Waals surface area contributed by atoms with Gasteiger partial charge in [0.25, 0.3) is 0 Å². The van der Waals surface area contributed by atoms with Crippen LogP contribution in [0.3, 0.4) is 0 Å². The fraction of sp³-hybridized carbons (Fsp3) is 0.929. The summed E-state index contributed by atoms with van der Waals surface area (Å²) in [6.45, 7) is 11.9. The van der Waals surface area contributed by atoms with Gasteiger partial charge in [-0.2, -0.15) is 0 Å². The Morgan fingerprint density at radius 1 is 1.17 bits per heavy atom. The minimum Gasteiger partial charge on any atom is -0.392 e. The van der Waals surface area contributed by atoms with Crippen LogP contribution in [0.4, 0.5) is 0 Å². The van der Waals surface area contributed by atoms with Crippen LogP contribution >= 0.6 is 0 Å². The van der Waals surface area contributed by atoms with Crippen LogP contribution in [0, 0.1) is 5.92 Å². The van der Waals surface area contributed by atoms with E-state index in [0.717, 1.165) is 25.9 Å². The molecule has 18 heavy (non-hydrogen) atoms. The minimum atomic E-state index is -0.369. The number of amides is 1. The predicted octanol–water partition coefficient (Wildman–Crippen LogP) is 1.63. The van der Waals surface area contributed by atoms with Gasteiger partial charge in [-0.3, -0.25) is 4.79 Å². The third-order valence-corrected chi connectivity index (χ3v) is 3.67. The predicted molar refractivity (Wildman–Crippen MR) is 75.5 cm³/mol. The molecule has 1 amide bonds. The van der Waals surface area contributed by atoms with Crippen molar-refractivity contribution in [2.24, 2.45) is 5.92 Å². The molecule has 2 N–H and O–H groups in total. The summed E-state index contributed by atoms with van der Waals surface area (Å²) >= 11 is 0. The molecule has 0 bridgehead atoms. The van der Waals surface area contributed by atoms with Crippen molar-refractivity contribution in [2.45, 2.75) is 59.6 Å². The Balaban J connectivity index is 4.16. The quantitative estimate of drug-likeness (QED) is 0.661. The molecule has 0 radical (unpaired) electrons. The SMILES string of the molecule is CCC(CC)C(O)CNC(C)C(=O)N(CC)CC. The zero-order valence-corrected chi connectivity index (χ0v) is 12.6. The summed E-state index contributed by atoms with van der Waals surface area (Å²) in [5.74, 6) is 0.421. The first-order chi connectivity index (χ1) is 8.51. The lowest BCUT2D eigenvalue weighted by atomic mass is 9.96. The molecule has 4 heteroatoms. The van der Waals surface area contributed by atoms with E-state index in [1.807, 2.05) is 20.8 Å². The molecule has 4 nitrogen and oxygen atoms in total. The van der Waals surface area contributed by atoms with Crippen LogP contribution in [0.2, 0.25) is 0 Å². The van der Waals surface area contributed by atoms with Gasteiger partial charge in [0.15, 0.2) is 0 Å². The second kappa shape index (κ2) is 9.34. The molecule has 0 saturated heterocycles. The number of nitrogens with one attached hydrogen (secondary N) is 1. The molecule has 0 aliphatic heterocycles. The zero-order valence-electron chi connectivity index (χ0n) is 12.6. The minimum absolute atomic E-state index is 0.108. The number of carbonyl (C=O) groups is 1. The highest BCUT2D eigenvalue weighted by atomic mass is 16.3. The molecular formula is C14H30N2O2. The fourth-order valence-electron chi connectivity index (χ4n) is 2.19. The second-order valence-electron chi connectivity index (χ2n) is 4.78. The number of aliphatic hydroxyl groups excluding tert-OH is 1. The van der Waals surface area contributed by atoms with E-state index >= 15 is 0 Å². The smallest absolute Gasteiger partial charge is 0.239 e. The second-order valence-corrected chi connectivity index (χ2v) is 4.78. The van der Waals surface area contributed by atoms with E-state index in [-0.39, 0.29) is 18.1 Å². The van der Waals surface area contributed by atoms with E-state index in [0.29, 0.717) is 12.5 Å². The van der Waals surface area contributed by atoms with Crippen molar-refractivity contribution >= 4 is 5.91 Å². The lowest BCUT2D eigenvalue weighted by Gasteiger charge is -2.26. The van der Waals surface area contributed by atoms with Crippen molar-refractivity contribution in [3.05, 3.63) is 0 Å². The maximum atomic E-state index is 12.0. The van der Waals surface area contributed by atoms with Crippen molar-refractivity contribution in [1.82, 2.24) is 10.2 Å². The first-order valence-corrected chi connectivity index (χ1v) is 7.21. The van der Waals surface area contributed by atoms with E-state index in [1.54, 1.807) is 4.90 Å². The Labute approximate surface area is 112 Å². The lowest BCUT2D eigenvalue weighted by Crippen LogP contribution is -2.47. The molecule has 0 rings (SSSR count). The highest BCUT2D eigenvalue weighted by Gasteiger charge is 2.20. The van der Waals surface area contributed by atoms with E-state index in [4.69, 9.17) is 0 Å². The molecule has 2 unspecified atom stereocenters. The van der Waals surface area contributed by atoms with Crippen LogP contribution in [0.25, 0.3) is 0 Å². The molecule has 2 atom stereocenters. The summed E-state index contributed by atoms with van der Waals surface area (Å²) in [6, 6.07) is -0.228. The molecule has 0 aromatic rings. The van der Waals surface area contributed by atoms with Gasteiger partial charge in [-0.1, -0.05) is 26.7 Å². The number of likely N-dealkylation sites (N-methyl/N-ethyl adjacent to an activating group) is 1. The summed E-state index contributed by atoms with van der Waals surface area (Å²) < 4.78 is 0. The average Bonchev–Trinajstić information content (AvgIpc) is 2.38. The molecule has 0 heterocycles. The van der Waals surface area contributed by atoms with Crippen LogP contribution in [0.15, 0.2) is 0 Å². The molecular weight excluding hydrogens is 228 g/mol. The summed E-state index contributed by atoms with van der Waals surface area (Å²) in [5, 5.41) is 13.1. The van der Waals surface area contributed by atoms with Crippen LogP contribution in [-0.2, 0) is 4.79 Å². The number of rotatable bonds is 9. The van der Waals surface area contributed by atoms with Crippen molar-refractivity contribution in [3.8, 4) is 0 Å². The first kappa shape index (κ1) is 17.4. The fourth-order valence-corrected chi connectivity index (χ4v) is 2.19. The number of aliphatic hydroxyl groups is 1. The van der Waals surface area contributed by atoms with E-state index < -0.39 is 0 Å². The first-order valence-electron chi connectivity index (χ1n) is 7.21. The zero-order chi connectivity index (χ0) is 14.1. The number of nitrogens with zero attached hydrogens (tertiary/aromatic N) is 1. The van der Waals surface area contributed by atoms with Gasteiger partial charge in [0.05, 0.1) is 12.1 Å². The van der Waals surface area contributed by atoms with Crippen LogP contribution in [-0.4, -0.2) is 47.7 Å². The van der Waals surface area contributed by atoms with E-state index in [1.165, 1.54) is 0 Å². The molecule has 0 fully saturated rings. The molecule has 0 aliphatic carbocycles. The van der Waals surface area contributed by atoms with Gasteiger partial charge < -0.3 is 15.3 Å². The maximum absolute atomic E-state index is 12.0. The standard InChI is InChI=1S/C14H30N2O2/c1-6-12(7-2)13(17)10-15-11(5)14(18)16(8-3)9-4/h11-13,15,17H,6-10H2,1-5H3. The Kier molecular flexibility index (Phi) is 9.02. The monoisotopic (exact) mass is 258 g/mol. The van der Waals surface area contributed by atoms with Gasteiger partial charge in [-0.15, -0.1) is 0 Å². The molecule has 0 spiro atoms. The van der Waals surface area contributed by atoms with Gasteiger partial charge in [-0.25, -0.2) is 0 Å². The van der Waals surface area contributed by atoms with Gasteiger partial charge in [0, 0.05) is 19.6 Å². The van der Waals surface area contributed by atoms with E-state index in [2.05, 4.69) is 19.2 Å². The topological polar surface area (TPSA) is 52.6 Å². The van der Waals surface area contributed by atoms with Crippen molar-refractivity contribution in [3.63, 3.8) is 0 Å². The lowest BCUT2D eigenvalue weighted by molar-refractivity contribution is -0.132. The summed E-state index contributed by atoms with van der Waals surface area (Å²) in [5.41, 5.74) is 0. The van der Waals surface area contributed by atoms with E-state index in [9.17, 15) is 9.90 Å². The molecule has 0 aliphatic rings. The Morgan fingerprint density at radius 2 is 1.67 bits per heavy atom. The van der Waals surface area contributed by atoms with Gasteiger partial charge in [0.2, 0.25) is 5.91 Å². The largest absolute Gasteiger partial charge is 0.392 e. The molecule has 0 aromatic carbocycles. The summed E-state index contributed by atoms with van der Waals surface area (Å²) in [7, 11) is 0. The Hall–Kier alpha value is -0.610. The molecule has 0 aromatic heterocycles. The van der Waals surface area contributed by atoms with Crippen LogP contribution < -0.4 is 5.32 Å². The van der Waals surface area contributed by atoms with Crippen molar-refractivity contribution in [2.75, 3.05) is 19.6 Å². The summed E-state index contributed by atoms with van der Waals surface area (Å²) in [4.78, 5) is 13.8. The Morgan fingerprint density at radius 3 is 2.06 bits per heavy atom. The number of hydrogen-bond donors (Lipinski definition) is 2. The Bertz CT molecular complexity index is 226. The third-order valence-electron chi connectivity index (χ3n) is 3.67. The average molecular weight is 258 g/mol. The molecule has 108 valence electrons. The highest BCUT2D eigenvalue weighted by molar-refractivity contribution is 5.81. The van der Waals surface area contributed by atoms with Crippen molar-refractivity contribution in [1.29, 1.82) is 0 Å². The number of carbonyl (C=O) groups excluding carboxylic acids is 1. The normalized spacial score (nSPS) is 14.6. The third kappa shape index (κ3) is 5.36. The van der Waals surface area contributed by atoms with Crippen LogP contribution in [0.5, 0.6) is 0 Å². The number of hydrogen-bond acceptors (Lipinski definition) is 3. The summed E-state index contributed by atoms with van der Waals surface area (Å²) in [6.07, 6.45) is 1.57. The van der Waals surface area contributed by atoms with Gasteiger partial charge >= 0.3 is 0 Å². The molecule has 0 saturated carbocycles.